The third-order valence-electron chi connectivity index (χ3n) is 3.52. The first kappa shape index (κ1) is 19.7. The average Bonchev–Trinajstić information content (AvgIpc) is 2.67. The first-order valence-corrected chi connectivity index (χ1v) is 7.87. The minimum atomic E-state index is -0.921. The highest BCUT2D eigenvalue weighted by atomic mass is 16.6. The topological polar surface area (TPSA) is 116 Å². The van der Waals surface area contributed by atoms with Crippen LogP contribution in [0.1, 0.15) is 6.92 Å². The lowest BCUT2D eigenvalue weighted by atomic mass is 10.2. The van der Waals surface area contributed by atoms with Crippen LogP contribution in [-0.4, -0.2) is 37.2 Å². The van der Waals surface area contributed by atoms with E-state index < -0.39 is 11.0 Å². The van der Waals surface area contributed by atoms with Gasteiger partial charge in [0, 0.05) is 12.3 Å². The molecule has 0 aliphatic carbocycles. The summed E-state index contributed by atoms with van der Waals surface area (Å²) in [6.07, 6.45) is 1.36. The van der Waals surface area contributed by atoms with E-state index in [2.05, 4.69) is 15.2 Å². The quantitative estimate of drug-likeness (QED) is 0.301. The smallest absolute Gasteiger partial charge is 0.273 e. The molecule has 1 unspecified atom stereocenters. The van der Waals surface area contributed by atoms with Crippen LogP contribution in [0.4, 0.5) is 17.1 Å². The van der Waals surface area contributed by atoms with Crippen molar-refractivity contribution in [3.63, 3.8) is 0 Å². The number of rotatable bonds is 8. The fraction of sp³-hybridized carbons (Fsp3) is 0.222. The molecular weight excluding hydrogens is 352 g/mol. The number of para-hydroxylation sites is 2. The lowest BCUT2D eigenvalue weighted by Crippen LogP contribution is -2.15. The third-order valence-corrected chi connectivity index (χ3v) is 3.52. The van der Waals surface area contributed by atoms with E-state index in [9.17, 15) is 14.9 Å². The molecule has 0 radical (unpaired) electrons. The molecule has 2 aromatic carbocycles. The lowest BCUT2D eigenvalue weighted by Gasteiger charge is -2.06. The molecule has 0 aliphatic heterocycles. The molecule has 0 aliphatic rings. The van der Waals surface area contributed by atoms with Gasteiger partial charge in [-0.15, -0.1) is 0 Å². The zero-order valence-electron chi connectivity index (χ0n) is 15.0. The molecule has 2 aromatic rings. The number of azo groups is 1. The normalized spacial score (nSPS) is 12.3. The number of non-ortho nitro benzene ring substituents is 1. The number of Topliss-reactive ketones (excluding diaryl/α,β-unsaturated/α-hetero) is 1. The van der Waals surface area contributed by atoms with Crippen LogP contribution in [-0.2, 0) is 4.79 Å². The number of hydrogen-bond acceptors (Lipinski definition) is 8. The summed E-state index contributed by atoms with van der Waals surface area (Å²) in [6.45, 7) is 1.37. The summed E-state index contributed by atoms with van der Waals surface area (Å²) in [6, 6.07) is 10.1. The van der Waals surface area contributed by atoms with Crippen LogP contribution in [0.2, 0.25) is 0 Å². The fourth-order valence-electron chi connectivity index (χ4n) is 2.09. The highest BCUT2D eigenvalue weighted by molar-refractivity contribution is 5.98. The number of ketones is 1. The van der Waals surface area contributed by atoms with Gasteiger partial charge in [0.2, 0.25) is 0 Å². The maximum atomic E-state index is 11.8. The van der Waals surface area contributed by atoms with Gasteiger partial charge >= 0.3 is 0 Å². The molecule has 0 aromatic heterocycles. The maximum absolute atomic E-state index is 11.8. The van der Waals surface area contributed by atoms with Gasteiger partial charge in [0.25, 0.3) is 5.69 Å². The molecule has 0 amide bonds. The molecule has 9 heteroatoms. The Morgan fingerprint density at radius 2 is 1.81 bits per heavy atom. The van der Waals surface area contributed by atoms with Gasteiger partial charge in [-0.1, -0.05) is 12.1 Å². The molecule has 27 heavy (non-hydrogen) atoms. The van der Waals surface area contributed by atoms with Crippen molar-refractivity contribution in [2.24, 2.45) is 15.2 Å². The van der Waals surface area contributed by atoms with Gasteiger partial charge in [0.1, 0.15) is 17.1 Å². The molecule has 0 bridgehead atoms. The molecule has 9 nitrogen and oxygen atoms in total. The van der Waals surface area contributed by atoms with E-state index in [1.54, 1.807) is 24.3 Å². The number of carbonyl (C=O) groups is 1. The van der Waals surface area contributed by atoms with Crippen LogP contribution in [0.3, 0.4) is 0 Å². The monoisotopic (exact) mass is 370 g/mol. The van der Waals surface area contributed by atoms with Gasteiger partial charge in [-0.3, -0.25) is 19.9 Å². The largest absolute Gasteiger partial charge is 0.494 e. The first-order valence-electron chi connectivity index (χ1n) is 7.87. The standard InChI is InChI=1S/C18H18N4O5/c1-12(23)16(11-19-14-6-4-5-7-17(14)26-2)21-20-15-9-8-13(22(24)25)10-18(15)27-3/h4-11,16H,1-3H3. The predicted molar refractivity (Wildman–Crippen MR) is 99.8 cm³/mol. The first-order chi connectivity index (χ1) is 13.0. The average molecular weight is 370 g/mol. The van der Waals surface area contributed by atoms with Crippen molar-refractivity contribution in [2.45, 2.75) is 13.0 Å². The summed E-state index contributed by atoms with van der Waals surface area (Å²) >= 11 is 0. The summed E-state index contributed by atoms with van der Waals surface area (Å²) < 4.78 is 10.3. The summed E-state index contributed by atoms with van der Waals surface area (Å²) in [5, 5.41) is 18.8. The molecule has 0 saturated carbocycles. The van der Waals surface area contributed by atoms with Crippen molar-refractivity contribution in [3.8, 4) is 11.5 Å². The van der Waals surface area contributed by atoms with E-state index in [-0.39, 0.29) is 22.9 Å². The summed E-state index contributed by atoms with van der Waals surface area (Å²) in [5.74, 6) is 0.472. The van der Waals surface area contributed by atoms with Crippen LogP contribution in [0.5, 0.6) is 11.5 Å². The predicted octanol–water partition coefficient (Wildman–Crippen LogP) is 4.06. The molecule has 140 valence electrons. The summed E-state index contributed by atoms with van der Waals surface area (Å²) in [4.78, 5) is 26.4. The molecule has 0 N–H and O–H groups in total. The van der Waals surface area contributed by atoms with Crippen molar-refractivity contribution in [3.05, 3.63) is 52.6 Å². The van der Waals surface area contributed by atoms with Crippen molar-refractivity contribution >= 4 is 29.1 Å². The number of hydrogen-bond donors (Lipinski definition) is 0. The number of ether oxygens (including phenoxy) is 2. The van der Waals surface area contributed by atoms with Gasteiger partial charge in [-0.25, -0.2) is 0 Å². The maximum Gasteiger partial charge on any atom is 0.273 e. The number of nitro benzene ring substituents is 1. The van der Waals surface area contributed by atoms with E-state index >= 15 is 0 Å². The van der Waals surface area contributed by atoms with E-state index in [1.165, 1.54) is 45.6 Å². The van der Waals surface area contributed by atoms with E-state index in [0.29, 0.717) is 11.4 Å². The molecule has 1 atom stereocenters. The van der Waals surface area contributed by atoms with Crippen LogP contribution < -0.4 is 9.47 Å². The molecule has 0 heterocycles. The van der Waals surface area contributed by atoms with Crippen molar-refractivity contribution in [2.75, 3.05) is 14.2 Å². The second-order valence-electron chi connectivity index (χ2n) is 5.33. The minimum Gasteiger partial charge on any atom is -0.494 e. The Labute approximate surface area is 155 Å². The highest BCUT2D eigenvalue weighted by Crippen LogP contribution is 2.32. The number of nitro groups is 1. The molecule has 0 fully saturated rings. The van der Waals surface area contributed by atoms with Crippen LogP contribution >= 0.6 is 0 Å². The van der Waals surface area contributed by atoms with Crippen LogP contribution in [0.15, 0.2) is 57.7 Å². The Hall–Kier alpha value is -3.62. The molecule has 2 rings (SSSR count). The van der Waals surface area contributed by atoms with Crippen molar-refractivity contribution < 1.29 is 19.2 Å². The highest BCUT2D eigenvalue weighted by Gasteiger charge is 2.14. The second-order valence-corrected chi connectivity index (χ2v) is 5.33. The van der Waals surface area contributed by atoms with E-state index in [0.717, 1.165) is 0 Å². The van der Waals surface area contributed by atoms with Gasteiger partial charge < -0.3 is 9.47 Å². The molecule has 0 spiro atoms. The van der Waals surface area contributed by atoms with Crippen LogP contribution in [0, 0.1) is 10.1 Å². The molecule has 0 saturated heterocycles. The number of methoxy groups -OCH3 is 2. The van der Waals surface area contributed by atoms with Gasteiger partial charge in [-0.05, 0) is 25.1 Å². The summed E-state index contributed by atoms with van der Waals surface area (Å²) in [5.41, 5.74) is 0.682. The summed E-state index contributed by atoms with van der Waals surface area (Å²) in [7, 11) is 2.89. The fourth-order valence-corrected chi connectivity index (χ4v) is 2.09. The Balaban J connectivity index is 2.27. The van der Waals surface area contributed by atoms with E-state index in [4.69, 9.17) is 9.47 Å². The number of nitrogens with zero attached hydrogens (tertiary/aromatic N) is 4. The Bertz CT molecular complexity index is 895. The Kier molecular flexibility index (Phi) is 6.70. The molecular formula is C18H18N4O5. The number of aliphatic imine (C=N–C) groups is 1. The Morgan fingerprint density at radius 3 is 2.44 bits per heavy atom. The van der Waals surface area contributed by atoms with Crippen LogP contribution in [0.25, 0.3) is 0 Å². The number of benzene rings is 2. The van der Waals surface area contributed by atoms with E-state index in [1.807, 2.05) is 0 Å². The zero-order valence-corrected chi connectivity index (χ0v) is 15.0. The number of carbonyl (C=O) groups excluding carboxylic acids is 1. The van der Waals surface area contributed by atoms with Crippen molar-refractivity contribution in [1.29, 1.82) is 0 Å². The zero-order chi connectivity index (χ0) is 19.8. The van der Waals surface area contributed by atoms with Gasteiger partial charge in [0.05, 0.1) is 25.2 Å². The Morgan fingerprint density at radius 1 is 1.11 bits per heavy atom. The minimum absolute atomic E-state index is 0.133. The van der Waals surface area contributed by atoms with Gasteiger partial charge in [0.15, 0.2) is 17.6 Å². The second kappa shape index (κ2) is 9.18. The third kappa shape index (κ3) is 5.18. The lowest BCUT2D eigenvalue weighted by molar-refractivity contribution is -0.384. The van der Waals surface area contributed by atoms with Gasteiger partial charge in [-0.2, -0.15) is 10.2 Å². The SMILES string of the molecule is COc1ccccc1N=CC(N=Nc1ccc([N+](=O)[O-])cc1OC)C(C)=O. The van der Waals surface area contributed by atoms with Crippen molar-refractivity contribution in [1.82, 2.24) is 0 Å².